The Kier molecular flexibility index (Phi) is 5.47. The summed E-state index contributed by atoms with van der Waals surface area (Å²) in [6.07, 6.45) is 7.01. The average molecular weight is 325 g/mol. The molecule has 0 unspecified atom stereocenters. The van der Waals surface area contributed by atoms with Crippen LogP contribution >= 0.6 is 0 Å². The zero-order chi connectivity index (χ0) is 16.8. The number of nitrogens with one attached hydrogen (secondary N) is 1. The summed E-state index contributed by atoms with van der Waals surface area (Å²) in [4.78, 5) is 23.4. The van der Waals surface area contributed by atoms with Crippen molar-refractivity contribution in [2.75, 3.05) is 13.2 Å². The van der Waals surface area contributed by atoms with E-state index in [-0.39, 0.29) is 12.5 Å². The number of ether oxygens (including phenoxy) is 1. The summed E-state index contributed by atoms with van der Waals surface area (Å²) in [5.41, 5.74) is 0.494. The summed E-state index contributed by atoms with van der Waals surface area (Å²) in [5, 5.41) is 4.77. The number of benzene rings is 2. The quantitative estimate of drug-likeness (QED) is 0.823. The number of hydrogen-bond donors (Lipinski definition) is 1. The molecule has 4 nitrogen and oxygen atoms in total. The van der Waals surface area contributed by atoms with E-state index in [2.05, 4.69) is 5.32 Å². The fourth-order valence-corrected chi connectivity index (χ4v) is 3.37. The minimum absolute atomic E-state index is 0.0636. The van der Waals surface area contributed by atoms with Gasteiger partial charge < -0.3 is 10.1 Å². The van der Waals surface area contributed by atoms with E-state index in [0.717, 1.165) is 23.6 Å². The first-order valence-electron chi connectivity index (χ1n) is 8.64. The van der Waals surface area contributed by atoms with Crippen LogP contribution in [0.25, 0.3) is 10.8 Å². The highest BCUT2D eigenvalue weighted by atomic mass is 16.5. The molecule has 0 aromatic heterocycles. The van der Waals surface area contributed by atoms with Gasteiger partial charge in [-0.15, -0.1) is 0 Å². The van der Waals surface area contributed by atoms with Gasteiger partial charge in [0.05, 0.1) is 5.56 Å². The summed E-state index contributed by atoms with van der Waals surface area (Å²) < 4.78 is 5.59. The van der Waals surface area contributed by atoms with Crippen LogP contribution in [0.3, 0.4) is 0 Å². The van der Waals surface area contributed by atoms with Crippen molar-refractivity contribution < 1.29 is 14.3 Å². The Hall–Kier alpha value is -2.36. The van der Waals surface area contributed by atoms with Gasteiger partial charge >= 0.3 is 0 Å². The van der Waals surface area contributed by atoms with Crippen molar-refractivity contribution in [2.24, 2.45) is 5.92 Å². The maximum absolute atomic E-state index is 12.0. The monoisotopic (exact) mass is 325 g/mol. The van der Waals surface area contributed by atoms with Crippen LogP contribution in [0.5, 0.6) is 5.75 Å². The van der Waals surface area contributed by atoms with Crippen molar-refractivity contribution in [1.29, 1.82) is 0 Å². The summed E-state index contributed by atoms with van der Waals surface area (Å²) in [6.45, 7) is 0.659. The van der Waals surface area contributed by atoms with E-state index in [1.165, 1.54) is 32.1 Å². The van der Waals surface area contributed by atoms with Crippen LogP contribution in [-0.4, -0.2) is 25.3 Å². The molecule has 2 aromatic carbocycles. The topological polar surface area (TPSA) is 55.4 Å². The van der Waals surface area contributed by atoms with E-state index in [4.69, 9.17) is 4.74 Å². The van der Waals surface area contributed by atoms with E-state index in [0.29, 0.717) is 17.2 Å². The summed E-state index contributed by atoms with van der Waals surface area (Å²) >= 11 is 0. The first-order valence-corrected chi connectivity index (χ1v) is 8.64. The molecule has 24 heavy (non-hydrogen) atoms. The Balaban J connectivity index is 1.58. The van der Waals surface area contributed by atoms with Gasteiger partial charge in [-0.05, 0) is 35.6 Å². The van der Waals surface area contributed by atoms with Crippen LogP contribution in [-0.2, 0) is 4.79 Å². The molecule has 4 heteroatoms. The van der Waals surface area contributed by atoms with Gasteiger partial charge in [0.15, 0.2) is 12.9 Å². The second-order valence-electron chi connectivity index (χ2n) is 6.41. The Bertz CT molecular complexity index is 720. The van der Waals surface area contributed by atoms with Crippen LogP contribution in [0.15, 0.2) is 36.4 Å². The first-order chi connectivity index (χ1) is 11.8. The molecule has 0 atom stereocenters. The molecule has 1 aliphatic carbocycles. The maximum atomic E-state index is 12.0. The molecule has 0 saturated heterocycles. The predicted molar refractivity (Wildman–Crippen MR) is 94.4 cm³/mol. The highest BCUT2D eigenvalue weighted by molar-refractivity contribution is 6.00. The zero-order valence-electron chi connectivity index (χ0n) is 13.8. The number of amides is 1. The predicted octanol–water partition coefficient (Wildman–Crippen LogP) is 3.73. The third-order valence-electron chi connectivity index (χ3n) is 4.72. The molecule has 1 fully saturated rings. The number of carbonyl (C=O) groups is 2. The molecule has 0 bridgehead atoms. The normalized spacial score (nSPS) is 15.2. The van der Waals surface area contributed by atoms with E-state index < -0.39 is 0 Å². The van der Waals surface area contributed by atoms with E-state index in [1.54, 1.807) is 6.07 Å². The van der Waals surface area contributed by atoms with Crippen molar-refractivity contribution >= 4 is 23.0 Å². The van der Waals surface area contributed by atoms with Gasteiger partial charge in [-0.3, -0.25) is 9.59 Å². The summed E-state index contributed by atoms with van der Waals surface area (Å²) in [7, 11) is 0. The van der Waals surface area contributed by atoms with Crippen LogP contribution in [0.4, 0.5) is 0 Å². The fraction of sp³-hybridized carbons (Fsp3) is 0.400. The second-order valence-corrected chi connectivity index (χ2v) is 6.41. The molecule has 0 spiro atoms. The molecule has 1 amide bonds. The SMILES string of the molecule is O=Cc1c(OCC(=O)NCC2CCCCC2)ccc2ccccc12. The van der Waals surface area contributed by atoms with Crippen molar-refractivity contribution in [3.8, 4) is 5.75 Å². The van der Waals surface area contributed by atoms with Gasteiger partial charge in [0, 0.05) is 6.54 Å². The van der Waals surface area contributed by atoms with Crippen LogP contribution < -0.4 is 10.1 Å². The lowest BCUT2D eigenvalue weighted by Gasteiger charge is -2.21. The summed E-state index contributed by atoms with van der Waals surface area (Å²) in [5.74, 6) is 0.913. The molecule has 126 valence electrons. The number of rotatable bonds is 6. The molecular weight excluding hydrogens is 302 g/mol. The largest absolute Gasteiger partial charge is 0.483 e. The van der Waals surface area contributed by atoms with Gasteiger partial charge in [0.2, 0.25) is 0 Å². The Morgan fingerprint density at radius 3 is 2.71 bits per heavy atom. The van der Waals surface area contributed by atoms with Gasteiger partial charge in [-0.25, -0.2) is 0 Å². The van der Waals surface area contributed by atoms with Crippen molar-refractivity contribution in [3.05, 3.63) is 42.0 Å². The fourth-order valence-electron chi connectivity index (χ4n) is 3.37. The minimum Gasteiger partial charge on any atom is -0.483 e. The van der Waals surface area contributed by atoms with Gasteiger partial charge in [0.1, 0.15) is 5.75 Å². The smallest absolute Gasteiger partial charge is 0.257 e. The molecule has 1 saturated carbocycles. The molecule has 1 N–H and O–H groups in total. The lowest BCUT2D eigenvalue weighted by Crippen LogP contribution is -2.33. The third-order valence-corrected chi connectivity index (χ3v) is 4.72. The van der Waals surface area contributed by atoms with Crippen LogP contribution in [0.2, 0.25) is 0 Å². The minimum atomic E-state index is -0.134. The van der Waals surface area contributed by atoms with Crippen molar-refractivity contribution in [1.82, 2.24) is 5.32 Å². The molecule has 0 radical (unpaired) electrons. The Labute approximate surface area is 142 Å². The number of hydrogen-bond acceptors (Lipinski definition) is 3. The van der Waals surface area contributed by atoms with Gasteiger partial charge in [-0.1, -0.05) is 49.6 Å². The Morgan fingerprint density at radius 1 is 1.12 bits per heavy atom. The molecule has 2 aromatic rings. The van der Waals surface area contributed by atoms with Crippen LogP contribution in [0, 0.1) is 5.92 Å². The Morgan fingerprint density at radius 2 is 1.92 bits per heavy atom. The van der Waals surface area contributed by atoms with Gasteiger partial charge in [-0.2, -0.15) is 0 Å². The number of carbonyl (C=O) groups excluding carboxylic acids is 2. The number of aldehydes is 1. The lowest BCUT2D eigenvalue weighted by molar-refractivity contribution is -0.123. The van der Waals surface area contributed by atoms with Crippen molar-refractivity contribution in [3.63, 3.8) is 0 Å². The molecule has 3 rings (SSSR count). The first kappa shape index (κ1) is 16.5. The molecule has 1 aliphatic rings. The van der Waals surface area contributed by atoms with E-state index in [1.807, 2.05) is 30.3 Å². The average Bonchev–Trinajstić information content (AvgIpc) is 2.65. The highest BCUT2D eigenvalue weighted by Gasteiger charge is 2.15. The highest BCUT2D eigenvalue weighted by Crippen LogP contribution is 2.26. The zero-order valence-corrected chi connectivity index (χ0v) is 13.8. The maximum Gasteiger partial charge on any atom is 0.257 e. The van der Waals surface area contributed by atoms with Gasteiger partial charge in [0.25, 0.3) is 5.91 Å². The lowest BCUT2D eigenvalue weighted by atomic mass is 9.89. The van der Waals surface area contributed by atoms with E-state index >= 15 is 0 Å². The molecule has 0 aliphatic heterocycles. The van der Waals surface area contributed by atoms with E-state index in [9.17, 15) is 9.59 Å². The standard InChI is InChI=1S/C20H23NO3/c22-13-18-17-9-5-4-8-16(17)10-11-19(18)24-14-20(23)21-12-15-6-2-1-3-7-15/h4-5,8-11,13,15H,1-3,6-7,12,14H2,(H,21,23). The molecular formula is C20H23NO3. The third kappa shape index (κ3) is 3.94. The molecule has 0 heterocycles. The second kappa shape index (κ2) is 7.95. The van der Waals surface area contributed by atoms with Crippen molar-refractivity contribution in [2.45, 2.75) is 32.1 Å². The van der Waals surface area contributed by atoms with Crippen LogP contribution in [0.1, 0.15) is 42.5 Å². The summed E-state index contributed by atoms with van der Waals surface area (Å²) in [6, 6.07) is 11.3. The number of fused-ring (bicyclic) bond motifs is 1.